The van der Waals surface area contributed by atoms with Crippen LogP contribution >= 0.6 is 0 Å². The molecule has 84 valence electrons. The van der Waals surface area contributed by atoms with Crippen molar-refractivity contribution >= 4 is 10.0 Å². The average molecular weight is 229 g/mol. The van der Waals surface area contributed by atoms with Crippen molar-refractivity contribution in [3.8, 4) is 0 Å². The Hall–Kier alpha value is -0.850. The topological polar surface area (TPSA) is 88.0 Å². The van der Waals surface area contributed by atoms with E-state index >= 15 is 0 Å². The van der Waals surface area contributed by atoms with Gasteiger partial charge in [0.1, 0.15) is 0 Å². The zero-order valence-electron chi connectivity index (χ0n) is 8.31. The first kappa shape index (κ1) is 10.7. The van der Waals surface area contributed by atoms with Crippen LogP contribution in [0.25, 0.3) is 0 Å². The van der Waals surface area contributed by atoms with E-state index in [-0.39, 0.29) is 17.0 Å². The zero-order valence-corrected chi connectivity index (χ0v) is 9.13. The van der Waals surface area contributed by atoms with Gasteiger partial charge in [-0.15, -0.1) is 0 Å². The van der Waals surface area contributed by atoms with Gasteiger partial charge in [0.05, 0.1) is 4.90 Å². The molecule has 0 bridgehead atoms. The number of nitrogens with two attached hydrogens (primary N) is 1. The molecule has 0 spiro atoms. The van der Waals surface area contributed by atoms with Crippen molar-refractivity contribution < 1.29 is 8.42 Å². The lowest BCUT2D eigenvalue weighted by Crippen LogP contribution is -2.33. The van der Waals surface area contributed by atoms with Crippen LogP contribution in [0.15, 0.2) is 23.4 Å². The average Bonchev–Trinajstić information content (AvgIpc) is 2.75. The van der Waals surface area contributed by atoms with Gasteiger partial charge in [-0.25, -0.2) is 13.1 Å². The standard InChI is InChI=1S/C9H15N3O2S/c10-7-1-2-8(5-7)12-15(13,14)9-3-4-11-6-9/h3-4,6-8,11-12H,1-2,5,10H2. The van der Waals surface area contributed by atoms with Gasteiger partial charge in [0.15, 0.2) is 0 Å². The van der Waals surface area contributed by atoms with Gasteiger partial charge in [-0.3, -0.25) is 0 Å². The van der Waals surface area contributed by atoms with Gasteiger partial charge < -0.3 is 10.7 Å². The number of sulfonamides is 1. The Morgan fingerprint density at radius 2 is 2.27 bits per heavy atom. The van der Waals surface area contributed by atoms with E-state index in [1.54, 1.807) is 6.20 Å². The van der Waals surface area contributed by atoms with Gasteiger partial charge in [0.2, 0.25) is 10.0 Å². The molecule has 0 aliphatic heterocycles. The fraction of sp³-hybridized carbons (Fsp3) is 0.556. The number of rotatable bonds is 3. The minimum absolute atomic E-state index is 0.0140. The summed E-state index contributed by atoms with van der Waals surface area (Å²) in [6, 6.07) is 1.65. The summed E-state index contributed by atoms with van der Waals surface area (Å²) in [6.45, 7) is 0. The highest BCUT2D eigenvalue weighted by atomic mass is 32.2. The highest BCUT2D eigenvalue weighted by molar-refractivity contribution is 7.89. The Labute approximate surface area is 89.1 Å². The molecule has 0 radical (unpaired) electrons. The van der Waals surface area contributed by atoms with Crippen LogP contribution in [0.5, 0.6) is 0 Å². The summed E-state index contributed by atoms with van der Waals surface area (Å²) in [5.41, 5.74) is 5.72. The van der Waals surface area contributed by atoms with Crippen LogP contribution in [0.3, 0.4) is 0 Å². The van der Waals surface area contributed by atoms with Gasteiger partial charge in [-0.05, 0) is 25.3 Å². The first-order valence-electron chi connectivity index (χ1n) is 4.98. The predicted octanol–water partition coefficient (Wildman–Crippen LogP) is 0.173. The summed E-state index contributed by atoms with van der Waals surface area (Å²) in [5.74, 6) is 0. The van der Waals surface area contributed by atoms with Gasteiger partial charge in [0.25, 0.3) is 0 Å². The van der Waals surface area contributed by atoms with Gasteiger partial charge in [-0.2, -0.15) is 0 Å². The van der Waals surface area contributed by atoms with E-state index in [2.05, 4.69) is 9.71 Å². The summed E-state index contributed by atoms with van der Waals surface area (Å²) >= 11 is 0. The molecule has 1 heterocycles. The second-order valence-corrected chi connectivity index (χ2v) is 5.65. The fourth-order valence-corrected chi connectivity index (χ4v) is 3.15. The smallest absolute Gasteiger partial charge is 0.242 e. The molecule has 1 aromatic rings. The van der Waals surface area contributed by atoms with E-state index in [4.69, 9.17) is 5.73 Å². The van der Waals surface area contributed by atoms with Crippen LogP contribution in [0.4, 0.5) is 0 Å². The molecular weight excluding hydrogens is 214 g/mol. The van der Waals surface area contributed by atoms with Crippen molar-refractivity contribution in [3.63, 3.8) is 0 Å². The third-order valence-electron chi connectivity index (χ3n) is 2.67. The van der Waals surface area contributed by atoms with Crippen molar-refractivity contribution in [2.75, 3.05) is 0 Å². The fourth-order valence-electron chi connectivity index (χ4n) is 1.89. The molecule has 6 heteroatoms. The Kier molecular flexibility index (Phi) is 2.81. The SMILES string of the molecule is NC1CCC(NS(=O)(=O)c2cc[nH]c2)C1. The number of H-pyrrole nitrogens is 1. The van der Waals surface area contributed by atoms with Crippen LogP contribution in [-0.2, 0) is 10.0 Å². The molecule has 0 amide bonds. The molecule has 0 saturated heterocycles. The summed E-state index contributed by atoms with van der Waals surface area (Å²) in [7, 11) is -3.36. The minimum Gasteiger partial charge on any atom is -0.366 e. The Morgan fingerprint density at radius 1 is 1.47 bits per heavy atom. The molecule has 1 fully saturated rings. The maximum absolute atomic E-state index is 11.8. The highest BCUT2D eigenvalue weighted by Crippen LogP contribution is 2.19. The molecule has 4 N–H and O–H groups in total. The quantitative estimate of drug-likeness (QED) is 0.690. The largest absolute Gasteiger partial charge is 0.366 e. The van der Waals surface area contributed by atoms with Gasteiger partial charge in [0, 0.05) is 24.5 Å². The lowest BCUT2D eigenvalue weighted by molar-refractivity contribution is 0.549. The van der Waals surface area contributed by atoms with Crippen molar-refractivity contribution in [1.29, 1.82) is 0 Å². The number of hydrogen-bond acceptors (Lipinski definition) is 3. The van der Waals surface area contributed by atoms with Crippen LogP contribution in [0.2, 0.25) is 0 Å². The first-order chi connectivity index (χ1) is 7.08. The molecule has 15 heavy (non-hydrogen) atoms. The van der Waals surface area contributed by atoms with Crippen molar-refractivity contribution in [2.24, 2.45) is 5.73 Å². The molecule has 2 rings (SSSR count). The predicted molar refractivity (Wildman–Crippen MR) is 56.7 cm³/mol. The molecule has 1 aliphatic carbocycles. The Morgan fingerprint density at radius 3 is 2.80 bits per heavy atom. The molecule has 1 aliphatic rings. The molecule has 1 aromatic heterocycles. The first-order valence-corrected chi connectivity index (χ1v) is 6.47. The second-order valence-electron chi connectivity index (χ2n) is 3.94. The molecular formula is C9H15N3O2S. The highest BCUT2D eigenvalue weighted by Gasteiger charge is 2.26. The van der Waals surface area contributed by atoms with E-state index in [1.165, 1.54) is 12.3 Å². The number of hydrogen-bond donors (Lipinski definition) is 3. The maximum atomic E-state index is 11.8. The van der Waals surface area contributed by atoms with Crippen LogP contribution in [0, 0.1) is 0 Å². The molecule has 2 atom stereocenters. The molecule has 5 nitrogen and oxygen atoms in total. The van der Waals surface area contributed by atoms with Crippen molar-refractivity contribution in [3.05, 3.63) is 18.5 Å². The lowest BCUT2D eigenvalue weighted by atomic mass is 10.2. The number of nitrogens with one attached hydrogen (secondary N) is 2. The third-order valence-corrected chi connectivity index (χ3v) is 4.19. The number of aromatic amines is 1. The van der Waals surface area contributed by atoms with Crippen molar-refractivity contribution in [2.45, 2.75) is 36.2 Å². The normalized spacial score (nSPS) is 27.0. The lowest BCUT2D eigenvalue weighted by Gasteiger charge is -2.11. The monoisotopic (exact) mass is 229 g/mol. The molecule has 2 unspecified atom stereocenters. The maximum Gasteiger partial charge on any atom is 0.242 e. The molecule has 1 saturated carbocycles. The van der Waals surface area contributed by atoms with E-state index < -0.39 is 10.0 Å². The minimum atomic E-state index is -3.36. The second kappa shape index (κ2) is 3.96. The Bertz CT molecular complexity index is 413. The summed E-state index contributed by atoms with van der Waals surface area (Å²) < 4.78 is 26.2. The van der Waals surface area contributed by atoms with E-state index in [1.807, 2.05) is 0 Å². The van der Waals surface area contributed by atoms with Crippen molar-refractivity contribution in [1.82, 2.24) is 9.71 Å². The molecule has 0 aromatic carbocycles. The van der Waals surface area contributed by atoms with Gasteiger partial charge >= 0.3 is 0 Å². The Balaban J connectivity index is 2.06. The summed E-state index contributed by atoms with van der Waals surface area (Å²) in [4.78, 5) is 3.01. The number of aromatic nitrogens is 1. The summed E-state index contributed by atoms with van der Waals surface area (Å²) in [6.07, 6.45) is 5.50. The van der Waals surface area contributed by atoms with E-state index in [0.717, 1.165) is 19.3 Å². The third kappa shape index (κ3) is 2.39. The van der Waals surface area contributed by atoms with Crippen LogP contribution < -0.4 is 10.5 Å². The zero-order chi connectivity index (χ0) is 10.9. The van der Waals surface area contributed by atoms with E-state index in [9.17, 15) is 8.42 Å². The van der Waals surface area contributed by atoms with Gasteiger partial charge in [-0.1, -0.05) is 0 Å². The summed E-state index contributed by atoms with van der Waals surface area (Å²) in [5, 5.41) is 0. The van der Waals surface area contributed by atoms with Crippen LogP contribution in [-0.4, -0.2) is 25.5 Å². The van der Waals surface area contributed by atoms with E-state index in [0.29, 0.717) is 0 Å². The van der Waals surface area contributed by atoms with Crippen LogP contribution in [0.1, 0.15) is 19.3 Å².